The van der Waals surface area contributed by atoms with E-state index in [0.717, 1.165) is 287 Å². The summed E-state index contributed by atoms with van der Waals surface area (Å²) in [6, 6.07) is 0.110. The van der Waals surface area contributed by atoms with Crippen LogP contribution in [0.15, 0.2) is 0 Å². The van der Waals surface area contributed by atoms with Crippen molar-refractivity contribution in [3.05, 3.63) is 0 Å². The summed E-state index contributed by atoms with van der Waals surface area (Å²) in [7, 11) is 0. The molecule has 5 fully saturated rings. The van der Waals surface area contributed by atoms with Gasteiger partial charge in [0.15, 0.2) is 0 Å². The van der Waals surface area contributed by atoms with E-state index in [4.69, 9.17) is 44.9 Å². The monoisotopic (exact) mass is 1600 g/mol. The first kappa shape index (κ1) is 95.5. The van der Waals surface area contributed by atoms with Crippen molar-refractivity contribution in [3.63, 3.8) is 0 Å². The first-order chi connectivity index (χ1) is 53.8. The van der Waals surface area contributed by atoms with Crippen LogP contribution in [-0.4, -0.2) is 192 Å². The van der Waals surface area contributed by atoms with Gasteiger partial charge in [0.25, 0.3) is 0 Å². The van der Waals surface area contributed by atoms with Crippen LogP contribution in [0.2, 0.25) is 0 Å². The molecule has 1 saturated carbocycles. The average Bonchev–Trinajstić information content (AvgIpc) is 0.792. The van der Waals surface area contributed by atoms with E-state index in [2.05, 4.69) is 266 Å². The van der Waals surface area contributed by atoms with Crippen LogP contribution in [0.5, 0.6) is 0 Å². The van der Waals surface area contributed by atoms with Crippen molar-refractivity contribution in [2.45, 2.75) is 462 Å². The fraction of sp³-hybridized carbons (Fsp3) is 0.903. The predicted molar refractivity (Wildman–Crippen MR) is 492 cm³/mol. The van der Waals surface area contributed by atoms with E-state index < -0.39 is 0 Å². The van der Waals surface area contributed by atoms with Crippen LogP contribution in [0.3, 0.4) is 0 Å². The molecule has 4 saturated heterocycles. The second-order valence-electron chi connectivity index (χ2n) is 43.6. The van der Waals surface area contributed by atoms with Gasteiger partial charge in [-0.1, -0.05) is 148 Å². The Labute approximate surface area is 704 Å². The van der Waals surface area contributed by atoms with Crippen LogP contribution in [0, 0.1) is 10.8 Å². The van der Waals surface area contributed by atoms with Gasteiger partial charge < -0.3 is 65.4 Å². The Bertz CT molecular complexity index is 3040. The molecular weight excluding hydrogens is 1430 g/mol. The lowest BCUT2D eigenvalue weighted by Crippen LogP contribution is -2.66. The summed E-state index contributed by atoms with van der Waals surface area (Å²) in [5.41, 5.74) is -1.75. The number of nitrogens with zero attached hydrogens (tertiary/aromatic N) is 18. The van der Waals surface area contributed by atoms with Crippen LogP contribution < -0.4 is 65.4 Å². The first-order valence-electron chi connectivity index (χ1n) is 47.1. The molecule has 115 heavy (non-hydrogen) atoms. The van der Waals surface area contributed by atoms with Crippen molar-refractivity contribution < 1.29 is 0 Å². The number of aromatic nitrogens is 9. The molecular formula is C93H176N22. The Hall–Kier alpha value is -4.93. The molecule has 0 amide bonds. The van der Waals surface area contributed by atoms with Gasteiger partial charge in [0.1, 0.15) is 0 Å². The van der Waals surface area contributed by atoms with Crippen molar-refractivity contribution in [1.29, 1.82) is 0 Å². The van der Waals surface area contributed by atoms with Crippen LogP contribution in [0.25, 0.3) is 0 Å². The summed E-state index contributed by atoms with van der Waals surface area (Å²) in [6.45, 7) is 78.3. The second-order valence-corrected chi connectivity index (χ2v) is 43.6. The van der Waals surface area contributed by atoms with Crippen LogP contribution in [-0.2, 0) is 0 Å². The van der Waals surface area contributed by atoms with E-state index in [9.17, 15) is 0 Å². The van der Waals surface area contributed by atoms with E-state index in [0.29, 0.717) is 25.2 Å². The normalized spacial score (nSPS) is 21.1. The zero-order chi connectivity index (χ0) is 84.8. The number of anilines is 9. The zero-order valence-corrected chi connectivity index (χ0v) is 79.7. The van der Waals surface area contributed by atoms with Gasteiger partial charge in [-0.3, -0.25) is 0 Å². The second kappa shape index (κ2) is 40.6. The number of piperidine rings is 4. The quantitative estimate of drug-likeness (QED) is 0.0390. The van der Waals surface area contributed by atoms with Crippen molar-refractivity contribution in [2.24, 2.45) is 10.8 Å². The molecule has 1 aliphatic carbocycles. The van der Waals surface area contributed by atoms with Crippen LogP contribution in [0.1, 0.15) is 387 Å². The van der Waals surface area contributed by atoms with Gasteiger partial charge in [-0.2, -0.15) is 44.9 Å². The summed E-state index contributed by atoms with van der Waals surface area (Å²) >= 11 is 0. The molecule has 22 heteroatoms. The number of nitrogens with one attached hydrogen (secondary N) is 4. The van der Waals surface area contributed by atoms with Gasteiger partial charge in [0, 0.05) is 133 Å². The van der Waals surface area contributed by atoms with E-state index in [1.807, 2.05) is 0 Å². The standard InChI is InChI=1S/C93H176N22/c1-30-39-48-107(49-40-31-2)75-94-76(108(50-41-32-3)51-42-33-4)97-80(96-75)112(71-59-86(14,15)103-87(16,17)60-71)68-114(73-63-90(22,23)105-91(24,25)64-73)82-100-79(111(56-47-38-9)70-57-84(10,11)67-85(12,13)58-70)101-83(102-82)115(74-65-92(26,27)106-93(28,29)66-74)69-113(72-61-88(18,19)104-89(20,21)62-72)81-98-77(109(52-43-34-5)53-44-35-6)95-78(99-81)110(54-45-36-7)55-46-37-8/h70-74,103-106H,30-69H2,1-29H3. The highest BCUT2D eigenvalue weighted by molar-refractivity contribution is 5.55. The molecule has 658 valence electrons. The van der Waals surface area contributed by atoms with Crippen molar-refractivity contribution in [3.8, 4) is 0 Å². The van der Waals surface area contributed by atoms with E-state index in [1.165, 1.54) is 0 Å². The number of rotatable bonds is 45. The van der Waals surface area contributed by atoms with Gasteiger partial charge in [0.05, 0.1) is 13.3 Å². The van der Waals surface area contributed by atoms with Crippen molar-refractivity contribution in [2.75, 3.05) is 116 Å². The Balaban J connectivity index is 1.56. The Morgan fingerprint density at radius 3 is 0.565 bits per heavy atom. The molecule has 0 atom stereocenters. The van der Waals surface area contributed by atoms with Crippen molar-refractivity contribution in [1.82, 2.24) is 66.1 Å². The number of hydrogen-bond donors (Lipinski definition) is 4. The lowest BCUT2D eigenvalue weighted by atomic mass is 9.63. The largest absolute Gasteiger partial charge is 0.341 e. The first-order valence-corrected chi connectivity index (χ1v) is 47.1. The fourth-order valence-corrected chi connectivity index (χ4v) is 21.7. The van der Waals surface area contributed by atoms with Crippen LogP contribution in [0.4, 0.5) is 53.5 Å². The van der Waals surface area contributed by atoms with Crippen LogP contribution >= 0.6 is 0 Å². The van der Waals surface area contributed by atoms with Gasteiger partial charge in [0.2, 0.25) is 53.5 Å². The molecule has 0 radical (unpaired) electrons. The SMILES string of the molecule is CCCCN(CCCC)c1nc(N(CCCC)CCCC)nc(N(CN(c2nc(N(CCCC)C3CC(C)(C)CC(C)(C)C3)nc(N(CN(c3nc(N(CCCC)CCCC)nc(N(CCCC)CCCC)n3)C3CC(C)(C)NC(C)(C)C3)C3CC(C)(C)NC(C)(C)C3)n2)C2CC(C)(C)NC(C)(C)C2)C2CC(C)(C)NC(C)(C)C2)n1. The maximum absolute atomic E-state index is 6.44. The molecule has 3 aromatic heterocycles. The molecule has 22 nitrogen and oxygen atoms in total. The highest BCUT2D eigenvalue weighted by Crippen LogP contribution is 2.49. The molecule has 4 aliphatic heterocycles. The number of hydrogen-bond acceptors (Lipinski definition) is 22. The zero-order valence-electron chi connectivity index (χ0n) is 79.7. The van der Waals surface area contributed by atoms with Gasteiger partial charge >= 0.3 is 0 Å². The third-order valence-electron chi connectivity index (χ3n) is 25.2. The molecule has 3 aromatic rings. The molecule has 7 heterocycles. The maximum atomic E-state index is 6.44. The molecule has 0 unspecified atom stereocenters. The predicted octanol–water partition coefficient (Wildman–Crippen LogP) is 19.9. The average molecular weight is 1600 g/mol. The Morgan fingerprint density at radius 2 is 0.374 bits per heavy atom. The summed E-state index contributed by atoms with van der Waals surface area (Å²) in [5.74, 6) is 6.84. The molecule has 5 aliphatic rings. The third-order valence-corrected chi connectivity index (χ3v) is 25.2. The Kier molecular flexibility index (Phi) is 33.8. The molecule has 0 bridgehead atoms. The molecule has 4 N–H and O–H groups in total. The summed E-state index contributed by atoms with van der Waals surface area (Å²) in [5, 5.41) is 16.7. The lowest BCUT2D eigenvalue weighted by molar-refractivity contribution is 0.0946. The summed E-state index contributed by atoms with van der Waals surface area (Å²) in [4.78, 5) is 77.6. The van der Waals surface area contributed by atoms with Gasteiger partial charge in [-0.15, -0.1) is 0 Å². The molecule has 0 spiro atoms. The molecule has 0 aromatic carbocycles. The van der Waals surface area contributed by atoms with E-state index in [1.54, 1.807) is 0 Å². The fourth-order valence-electron chi connectivity index (χ4n) is 21.7. The summed E-state index contributed by atoms with van der Waals surface area (Å²) in [6.07, 6.45) is 29.3. The lowest BCUT2D eigenvalue weighted by Gasteiger charge is -2.53. The van der Waals surface area contributed by atoms with Gasteiger partial charge in [-0.25, -0.2) is 0 Å². The maximum Gasteiger partial charge on any atom is 0.233 e. The van der Waals surface area contributed by atoms with E-state index >= 15 is 0 Å². The Morgan fingerprint density at radius 1 is 0.217 bits per heavy atom. The van der Waals surface area contributed by atoms with Gasteiger partial charge in [-0.05, 0) is 250 Å². The minimum Gasteiger partial charge on any atom is -0.341 e. The number of unbranched alkanes of at least 4 members (excludes halogenated alkanes) is 9. The minimum absolute atomic E-state index is 0.00483. The summed E-state index contributed by atoms with van der Waals surface area (Å²) < 4.78 is 0. The minimum atomic E-state index is -0.256. The van der Waals surface area contributed by atoms with E-state index in [-0.39, 0.29) is 85.4 Å². The van der Waals surface area contributed by atoms with Crippen molar-refractivity contribution >= 4 is 53.5 Å². The highest BCUT2D eigenvalue weighted by Gasteiger charge is 2.50. The highest BCUT2D eigenvalue weighted by atomic mass is 15.5. The topological polar surface area (TPSA) is 193 Å². The molecule has 8 rings (SSSR count). The smallest absolute Gasteiger partial charge is 0.233 e. The third kappa shape index (κ3) is 28.1.